The van der Waals surface area contributed by atoms with Gasteiger partial charge in [0, 0.05) is 11.8 Å². The number of ketones is 1. The van der Waals surface area contributed by atoms with Crippen LogP contribution >= 0.6 is 0 Å². The Morgan fingerprint density at radius 2 is 2.05 bits per heavy atom. The molecule has 0 heterocycles. The molecule has 20 heavy (non-hydrogen) atoms. The van der Waals surface area contributed by atoms with Crippen molar-refractivity contribution in [1.29, 1.82) is 0 Å². The molecule has 0 amide bonds. The molecule has 1 nitrogen and oxygen atoms in total. The number of hydrogen-bond acceptors (Lipinski definition) is 1. The smallest absolute Gasteiger partial charge is 0.139 e. The summed E-state index contributed by atoms with van der Waals surface area (Å²) in [7, 11) is 0. The average Bonchev–Trinajstić information content (AvgIpc) is 2.75. The molecule has 108 valence electrons. The molecule has 1 heteroatoms. The van der Waals surface area contributed by atoms with E-state index in [9.17, 15) is 4.79 Å². The van der Waals surface area contributed by atoms with Crippen LogP contribution < -0.4 is 0 Å². The number of allylic oxidation sites excluding steroid dienone is 4. The second-order valence-corrected chi connectivity index (χ2v) is 8.08. The van der Waals surface area contributed by atoms with Crippen LogP contribution in [0.3, 0.4) is 0 Å². The van der Waals surface area contributed by atoms with E-state index >= 15 is 0 Å². The van der Waals surface area contributed by atoms with Gasteiger partial charge in [0.15, 0.2) is 0 Å². The highest BCUT2D eigenvalue weighted by Gasteiger charge is 2.60. The summed E-state index contributed by atoms with van der Waals surface area (Å²) in [5.41, 5.74) is 1.98. The first-order chi connectivity index (χ1) is 9.56. The first-order valence-electron chi connectivity index (χ1n) is 8.45. The van der Waals surface area contributed by atoms with Crippen molar-refractivity contribution in [3.63, 3.8) is 0 Å². The van der Waals surface area contributed by atoms with Crippen LogP contribution in [0, 0.1) is 28.6 Å². The molecular formula is C19H26O. The molecule has 0 saturated heterocycles. The van der Waals surface area contributed by atoms with Gasteiger partial charge in [-0.3, -0.25) is 4.79 Å². The summed E-state index contributed by atoms with van der Waals surface area (Å²) in [6.45, 7) is 4.78. The average molecular weight is 270 g/mol. The summed E-state index contributed by atoms with van der Waals surface area (Å²) >= 11 is 0. The molecule has 2 saturated carbocycles. The van der Waals surface area contributed by atoms with Crippen LogP contribution in [0.2, 0.25) is 0 Å². The first-order valence-corrected chi connectivity index (χ1v) is 8.45. The van der Waals surface area contributed by atoms with Crippen molar-refractivity contribution >= 4 is 5.78 Å². The van der Waals surface area contributed by atoms with Crippen molar-refractivity contribution < 1.29 is 4.79 Å². The third-order valence-corrected chi connectivity index (χ3v) is 7.33. The minimum absolute atomic E-state index is 0.00109. The maximum atomic E-state index is 12.4. The van der Waals surface area contributed by atoms with Gasteiger partial charge in [-0.2, -0.15) is 0 Å². The molecule has 0 aliphatic heterocycles. The van der Waals surface area contributed by atoms with Gasteiger partial charge in [0.05, 0.1) is 0 Å². The van der Waals surface area contributed by atoms with Crippen LogP contribution in [0.15, 0.2) is 23.8 Å². The fourth-order valence-electron chi connectivity index (χ4n) is 6.22. The quantitative estimate of drug-likeness (QED) is 0.624. The van der Waals surface area contributed by atoms with Crippen molar-refractivity contribution in [2.24, 2.45) is 28.6 Å². The van der Waals surface area contributed by atoms with Crippen LogP contribution in [0.4, 0.5) is 0 Å². The van der Waals surface area contributed by atoms with Crippen LogP contribution in [0.25, 0.3) is 0 Å². The lowest BCUT2D eigenvalue weighted by Gasteiger charge is -2.57. The molecule has 4 aliphatic rings. The van der Waals surface area contributed by atoms with Gasteiger partial charge in [-0.05, 0) is 67.3 Å². The molecule has 4 aliphatic carbocycles. The van der Waals surface area contributed by atoms with E-state index in [4.69, 9.17) is 0 Å². The Hall–Kier alpha value is -0.850. The standard InChI is InChI=1S/C19H26O/c1-18-11-9-13-5-3-4-6-14(13)15(18)10-12-19(2)16(18)7-8-17(19)20/h3,5,9,14-16H,4,6-8,10-12H2,1-2H3/t14-,15+,16-,18+,19-/m0/s1. The maximum absolute atomic E-state index is 12.4. The van der Waals surface area contributed by atoms with Crippen LogP contribution in [-0.4, -0.2) is 5.78 Å². The van der Waals surface area contributed by atoms with Gasteiger partial charge in [-0.1, -0.05) is 32.1 Å². The molecule has 0 spiro atoms. The highest BCUT2D eigenvalue weighted by Crippen LogP contribution is 2.65. The van der Waals surface area contributed by atoms with Gasteiger partial charge in [-0.25, -0.2) is 0 Å². The number of carbonyl (C=O) groups excluding carboxylic acids is 1. The van der Waals surface area contributed by atoms with E-state index in [-0.39, 0.29) is 5.41 Å². The fraction of sp³-hybridized carbons (Fsp3) is 0.737. The van der Waals surface area contributed by atoms with Gasteiger partial charge in [-0.15, -0.1) is 0 Å². The van der Waals surface area contributed by atoms with E-state index in [1.165, 1.54) is 25.7 Å². The minimum Gasteiger partial charge on any atom is -0.299 e. The molecule has 2 fully saturated rings. The van der Waals surface area contributed by atoms with Gasteiger partial charge in [0.1, 0.15) is 5.78 Å². The van der Waals surface area contributed by atoms with Crippen molar-refractivity contribution in [1.82, 2.24) is 0 Å². The lowest BCUT2D eigenvalue weighted by atomic mass is 9.46. The van der Waals surface area contributed by atoms with Crippen LogP contribution in [-0.2, 0) is 4.79 Å². The summed E-state index contributed by atoms with van der Waals surface area (Å²) in [6, 6.07) is 0. The number of fused-ring (bicyclic) bond motifs is 5. The topological polar surface area (TPSA) is 17.1 Å². The number of hydrogen-bond donors (Lipinski definition) is 0. The van der Waals surface area contributed by atoms with Crippen LogP contribution in [0.5, 0.6) is 0 Å². The molecule has 0 radical (unpaired) electrons. The largest absolute Gasteiger partial charge is 0.299 e. The molecule has 0 aromatic heterocycles. The van der Waals surface area contributed by atoms with Gasteiger partial charge < -0.3 is 0 Å². The Labute approximate surface area is 122 Å². The van der Waals surface area contributed by atoms with E-state index in [1.54, 1.807) is 5.57 Å². The Kier molecular flexibility index (Phi) is 2.63. The highest BCUT2D eigenvalue weighted by atomic mass is 16.1. The Morgan fingerprint density at radius 3 is 2.90 bits per heavy atom. The van der Waals surface area contributed by atoms with Crippen molar-refractivity contribution in [2.75, 3.05) is 0 Å². The van der Waals surface area contributed by atoms with E-state index in [0.29, 0.717) is 17.1 Å². The molecular weight excluding hydrogens is 244 g/mol. The summed E-state index contributed by atoms with van der Waals surface area (Å²) in [5.74, 6) is 2.78. The molecule has 0 bridgehead atoms. The van der Waals surface area contributed by atoms with E-state index in [1.807, 2.05) is 0 Å². The minimum atomic E-state index is 0.00109. The van der Waals surface area contributed by atoms with Crippen LogP contribution in [0.1, 0.15) is 58.8 Å². The Bertz CT molecular complexity index is 514. The van der Waals surface area contributed by atoms with E-state index < -0.39 is 0 Å². The first kappa shape index (κ1) is 12.9. The predicted octanol–water partition coefficient (Wildman–Crippen LogP) is 4.68. The second-order valence-electron chi connectivity index (χ2n) is 8.08. The number of carbonyl (C=O) groups is 1. The molecule has 0 unspecified atom stereocenters. The number of Topliss-reactive ketones (excluding diaryl/α,β-unsaturated/α-hetero) is 1. The van der Waals surface area contributed by atoms with Crippen molar-refractivity contribution in [2.45, 2.75) is 58.8 Å². The zero-order chi connectivity index (χ0) is 14.0. The molecule has 5 atom stereocenters. The molecule has 0 aromatic carbocycles. The zero-order valence-corrected chi connectivity index (χ0v) is 12.8. The van der Waals surface area contributed by atoms with Gasteiger partial charge in [0.2, 0.25) is 0 Å². The van der Waals surface area contributed by atoms with Gasteiger partial charge >= 0.3 is 0 Å². The summed E-state index contributed by atoms with van der Waals surface area (Å²) in [4.78, 5) is 12.4. The monoisotopic (exact) mass is 270 g/mol. The Balaban J connectivity index is 1.76. The highest BCUT2D eigenvalue weighted by molar-refractivity contribution is 5.87. The lowest BCUT2D eigenvalue weighted by Crippen LogP contribution is -2.51. The predicted molar refractivity (Wildman–Crippen MR) is 81.2 cm³/mol. The normalized spacial score (nSPS) is 50.2. The Morgan fingerprint density at radius 1 is 1.20 bits per heavy atom. The fourth-order valence-corrected chi connectivity index (χ4v) is 6.22. The third kappa shape index (κ3) is 1.47. The zero-order valence-electron chi connectivity index (χ0n) is 12.8. The summed E-state index contributed by atoms with van der Waals surface area (Å²) in [6.07, 6.45) is 15.4. The summed E-state index contributed by atoms with van der Waals surface area (Å²) in [5, 5.41) is 0. The third-order valence-electron chi connectivity index (χ3n) is 7.33. The maximum Gasteiger partial charge on any atom is 0.139 e. The lowest BCUT2D eigenvalue weighted by molar-refractivity contribution is -0.135. The molecule has 4 rings (SSSR count). The number of rotatable bonds is 0. The molecule has 0 aromatic rings. The summed E-state index contributed by atoms with van der Waals surface area (Å²) < 4.78 is 0. The van der Waals surface area contributed by atoms with Crippen molar-refractivity contribution in [3.8, 4) is 0 Å². The second kappa shape index (κ2) is 4.08. The van der Waals surface area contributed by atoms with E-state index in [2.05, 4.69) is 32.1 Å². The van der Waals surface area contributed by atoms with Gasteiger partial charge in [0.25, 0.3) is 0 Å². The SMILES string of the molecule is C[C@@]12CC=C3C=CCC[C@@H]3[C@H]1CC[C@]1(C)C(=O)CC[C@@H]21. The van der Waals surface area contributed by atoms with E-state index in [0.717, 1.165) is 31.1 Å². The van der Waals surface area contributed by atoms with Crippen molar-refractivity contribution in [3.05, 3.63) is 23.8 Å². The molecule has 0 N–H and O–H groups in total.